The van der Waals surface area contributed by atoms with E-state index in [4.69, 9.17) is 9.73 Å². The number of hydrogen-bond acceptors (Lipinski definition) is 4. The zero-order valence-electron chi connectivity index (χ0n) is 15.6. The Morgan fingerprint density at radius 2 is 2.32 bits per heavy atom. The van der Waals surface area contributed by atoms with Crippen molar-refractivity contribution in [3.63, 3.8) is 0 Å². The van der Waals surface area contributed by atoms with Gasteiger partial charge in [0.2, 0.25) is 0 Å². The van der Waals surface area contributed by atoms with E-state index in [0.717, 1.165) is 62.7 Å². The van der Waals surface area contributed by atoms with Crippen LogP contribution in [0.3, 0.4) is 0 Å². The van der Waals surface area contributed by atoms with Gasteiger partial charge in [0.15, 0.2) is 5.96 Å². The highest BCUT2D eigenvalue weighted by Crippen LogP contribution is 2.44. The number of aryl methyl sites for hydroxylation is 1. The fourth-order valence-electron chi connectivity index (χ4n) is 4.18. The second-order valence-electron chi connectivity index (χ2n) is 7.22. The van der Waals surface area contributed by atoms with E-state index in [-0.39, 0.29) is 0 Å². The van der Waals surface area contributed by atoms with E-state index in [1.807, 2.05) is 0 Å². The molecule has 2 bridgehead atoms. The van der Waals surface area contributed by atoms with Gasteiger partial charge in [-0.2, -0.15) is 0 Å². The Kier molecular flexibility index (Phi) is 6.67. The molecule has 0 spiro atoms. The molecule has 7 heteroatoms. The molecule has 7 nitrogen and oxygen atoms in total. The van der Waals surface area contributed by atoms with Gasteiger partial charge in [0.25, 0.3) is 0 Å². The van der Waals surface area contributed by atoms with Crippen molar-refractivity contribution in [3.8, 4) is 0 Å². The smallest absolute Gasteiger partial charge is 0.191 e. The van der Waals surface area contributed by atoms with Crippen LogP contribution < -0.4 is 10.6 Å². The minimum atomic E-state index is 0.591. The summed E-state index contributed by atoms with van der Waals surface area (Å²) in [5.41, 5.74) is 0. The van der Waals surface area contributed by atoms with E-state index in [0.29, 0.717) is 6.04 Å². The van der Waals surface area contributed by atoms with Gasteiger partial charge >= 0.3 is 0 Å². The lowest BCUT2D eigenvalue weighted by molar-refractivity contribution is 0.197. The number of aliphatic imine (C=N–C) groups is 1. The summed E-state index contributed by atoms with van der Waals surface area (Å²) in [5.74, 6) is 3.74. The van der Waals surface area contributed by atoms with Crippen LogP contribution in [0.1, 0.15) is 44.9 Å². The molecule has 2 aliphatic rings. The normalized spacial score (nSPS) is 25.5. The van der Waals surface area contributed by atoms with E-state index in [1.165, 1.54) is 25.7 Å². The summed E-state index contributed by atoms with van der Waals surface area (Å²) in [4.78, 5) is 4.74. The van der Waals surface area contributed by atoms with Crippen molar-refractivity contribution >= 4 is 5.96 Å². The van der Waals surface area contributed by atoms with Crippen LogP contribution in [0.25, 0.3) is 0 Å². The lowest BCUT2D eigenvalue weighted by atomic mass is 9.95. The molecule has 2 fully saturated rings. The summed E-state index contributed by atoms with van der Waals surface area (Å²) in [6.45, 7) is 5.32. The lowest BCUT2D eigenvalue weighted by Gasteiger charge is -2.25. The first-order valence-electron chi connectivity index (χ1n) is 9.70. The first kappa shape index (κ1) is 18.2. The van der Waals surface area contributed by atoms with E-state index in [2.05, 4.69) is 32.3 Å². The van der Waals surface area contributed by atoms with Crippen molar-refractivity contribution in [1.82, 2.24) is 25.4 Å². The average Bonchev–Trinajstić information content (AvgIpc) is 3.35. The van der Waals surface area contributed by atoms with Gasteiger partial charge in [0, 0.05) is 45.8 Å². The maximum Gasteiger partial charge on any atom is 0.191 e. The minimum absolute atomic E-state index is 0.591. The van der Waals surface area contributed by atoms with Crippen molar-refractivity contribution in [3.05, 3.63) is 12.2 Å². The van der Waals surface area contributed by atoms with Gasteiger partial charge in [-0.1, -0.05) is 13.3 Å². The zero-order chi connectivity index (χ0) is 17.5. The molecule has 2 aliphatic carbocycles. The first-order valence-corrected chi connectivity index (χ1v) is 9.70. The summed E-state index contributed by atoms with van der Waals surface area (Å²) < 4.78 is 7.23. The molecule has 1 heterocycles. The highest BCUT2D eigenvalue weighted by atomic mass is 16.5. The van der Waals surface area contributed by atoms with Crippen molar-refractivity contribution in [1.29, 1.82) is 0 Å². The van der Waals surface area contributed by atoms with Gasteiger partial charge in [0.1, 0.15) is 12.2 Å². The summed E-state index contributed by atoms with van der Waals surface area (Å²) >= 11 is 0. The summed E-state index contributed by atoms with van der Waals surface area (Å²) in [5, 5.41) is 15.3. The second kappa shape index (κ2) is 9.17. The summed E-state index contributed by atoms with van der Waals surface area (Å²) in [6.07, 6.45) is 9.15. The van der Waals surface area contributed by atoms with Crippen LogP contribution in [0.2, 0.25) is 0 Å². The SMILES string of the molecule is CCc1nncn1CCNC(=NCCCOC)NC1CC2CCC1C2. The van der Waals surface area contributed by atoms with E-state index in [9.17, 15) is 0 Å². The Balaban J connectivity index is 1.50. The van der Waals surface area contributed by atoms with Crippen LogP contribution in [-0.4, -0.2) is 53.6 Å². The first-order chi connectivity index (χ1) is 12.3. The summed E-state index contributed by atoms with van der Waals surface area (Å²) in [6, 6.07) is 0.591. The monoisotopic (exact) mass is 348 g/mol. The fourth-order valence-corrected chi connectivity index (χ4v) is 4.18. The number of ether oxygens (including phenoxy) is 1. The van der Waals surface area contributed by atoms with Crippen molar-refractivity contribution in [2.45, 2.75) is 58.0 Å². The van der Waals surface area contributed by atoms with E-state index < -0.39 is 0 Å². The lowest BCUT2D eigenvalue weighted by Crippen LogP contribution is -2.46. The van der Waals surface area contributed by atoms with Crippen LogP contribution >= 0.6 is 0 Å². The van der Waals surface area contributed by atoms with Crippen LogP contribution in [0.4, 0.5) is 0 Å². The zero-order valence-corrected chi connectivity index (χ0v) is 15.6. The standard InChI is InChI=1S/C18H32N6O/c1-3-17-23-21-13-24(17)9-8-20-18(19-7-4-10-25-2)22-16-12-14-5-6-15(16)11-14/h13-16H,3-12H2,1-2H3,(H2,19,20,22). The Bertz CT molecular complexity index is 558. The van der Waals surface area contributed by atoms with Gasteiger partial charge in [-0.05, 0) is 37.5 Å². The molecule has 0 amide bonds. The number of nitrogens with zero attached hydrogens (tertiary/aromatic N) is 4. The minimum Gasteiger partial charge on any atom is -0.385 e. The second-order valence-corrected chi connectivity index (χ2v) is 7.22. The third-order valence-electron chi connectivity index (χ3n) is 5.49. The molecule has 0 saturated heterocycles. The Morgan fingerprint density at radius 3 is 3.04 bits per heavy atom. The van der Waals surface area contributed by atoms with Crippen LogP contribution in [0, 0.1) is 11.8 Å². The molecule has 140 valence electrons. The van der Waals surface area contributed by atoms with Crippen molar-refractivity contribution in [2.75, 3.05) is 26.8 Å². The number of methoxy groups -OCH3 is 1. The Morgan fingerprint density at radius 1 is 1.40 bits per heavy atom. The molecule has 2 N–H and O–H groups in total. The molecule has 2 saturated carbocycles. The quantitative estimate of drug-likeness (QED) is 0.403. The van der Waals surface area contributed by atoms with Crippen molar-refractivity contribution < 1.29 is 4.74 Å². The third kappa shape index (κ3) is 4.93. The van der Waals surface area contributed by atoms with Crippen LogP contribution in [-0.2, 0) is 17.7 Å². The number of aromatic nitrogens is 3. The number of hydrogen-bond donors (Lipinski definition) is 2. The fraction of sp³-hybridized carbons (Fsp3) is 0.833. The van der Waals surface area contributed by atoms with E-state index >= 15 is 0 Å². The topological polar surface area (TPSA) is 76.4 Å². The molecule has 3 atom stereocenters. The average molecular weight is 348 g/mol. The van der Waals surface area contributed by atoms with Crippen molar-refractivity contribution in [2.24, 2.45) is 16.8 Å². The van der Waals surface area contributed by atoms with E-state index in [1.54, 1.807) is 13.4 Å². The number of rotatable bonds is 9. The van der Waals surface area contributed by atoms with Gasteiger partial charge in [0.05, 0.1) is 0 Å². The molecule has 3 rings (SSSR count). The maximum absolute atomic E-state index is 5.13. The number of guanidine groups is 1. The Labute approximate surface area is 150 Å². The molecule has 0 aromatic carbocycles. The molecule has 3 unspecified atom stereocenters. The molecule has 0 aliphatic heterocycles. The third-order valence-corrected chi connectivity index (χ3v) is 5.49. The number of fused-ring (bicyclic) bond motifs is 2. The maximum atomic E-state index is 5.13. The van der Waals surface area contributed by atoms with Crippen LogP contribution in [0.5, 0.6) is 0 Å². The Hall–Kier alpha value is -1.63. The molecular weight excluding hydrogens is 316 g/mol. The number of nitrogens with one attached hydrogen (secondary N) is 2. The highest BCUT2D eigenvalue weighted by Gasteiger charge is 2.39. The largest absolute Gasteiger partial charge is 0.385 e. The predicted molar refractivity (Wildman–Crippen MR) is 98.6 cm³/mol. The molecule has 25 heavy (non-hydrogen) atoms. The van der Waals surface area contributed by atoms with Gasteiger partial charge in [-0.25, -0.2) is 0 Å². The molecule has 1 aromatic heterocycles. The van der Waals surface area contributed by atoms with Gasteiger partial charge in [-0.3, -0.25) is 4.99 Å². The highest BCUT2D eigenvalue weighted by molar-refractivity contribution is 5.80. The molecule has 0 radical (unpaired) electrons. The molecule has 1 aromatic rings. The van der Waals surface area contributed by atoms with Gasteiger partial charge in [-0.15, -0.1) is 10.2 Å². The van der Waals surface area contributed by atoms with Crippen LogP contribution in [0.15, 0.2) is 11.3 Å². The predicted octanol–water partition coefficient (Wildman–Crippen LogP) is 1.60. The molecular formula is C18H32N6O. The van der Waals surface area contributed by atoms with Gasteiger partial charge < -0.3 is 19.9 Å². The summed E-state index contributed by atoms with van der Waals surface area (Å²) in [7, 11) is 1.74.